The van der Waals surface area contributed by atoms with Gasteiger partial charge in [-0.05, 0) is 29.6 Å². The van der Waals surface area contributed by atoms with E-state index in [2.05, 4.69) is 18.4 Å². The van der Waals surface area contributed by atoms with E-state index in [1.807, 2.05) is 0 Å². The first-order chi connectivity index (χ1) is 14.1. The van der Waals surface area contributed by atoms with Crippen molar-refractivity contribution in [2.24, 2.45) is 39.9 Å². The summed E-state index contributed by atoms with van der Waals surface area (Å²) in [7, 11) is 0. The molecule has 160 valence electrons. The molecule has 3 aliphatic heterocycles. The summed E-state index contributed by atoms with van der Waals surface area (Å²) in [5.41, 5.74) is 0.857. The molecule has 9 bridgehead atoms. The smallest absolute Gasteiger partial charge is 0.302 e. The van der Waals surface area contributed by atoms with Crippen molar-refractivity contribution in [3.8, 4) is 0 Å². The molecule has 6 aliphatic carbocycles. The molecule has 0 radical (unpaired) electrons. The van der Waals surface area contributed by atoms with Crippen molar-refractivity contribution in [3.63, 3.8) is 0 Å². The van der Waals surface area contributed by atoms with E-state index in [9.17, 15) is 14.4 Å². The van der Waals surface area contributed by atoms with Crippen LogP contribution in [0.5, 0.6) is 0 Å². The second-order valence-corrected chi connectivity index (χ2v) is 11.8. The second-order valence-electron chi connectivity index (χ2n) is 11.8. The Bertz CT molecular complexity index is 959. The Morgan fingerprint density at radius 3 is 2.47 bits per heavy atom. The molecule has 0 aromatic carbocycles. The predicted octanol–water partition coefficient (Wildman–Crippen LogP) is 2.11. The lowest BCUT2D eigenvalue weighted by Crippen LogP contribution is -2.68. The fourth-order valence-corrected chi connectivity index (χ4v) is 11.0. The molecule has 12 atom stereocenters. The number of esters is 2. The number of piperidine rings is 2. The van der Waals surface area contributed by atoms with Crippen molar-refractivity contribution in [2.45, 2.75) is 70.7 Å². The highest BCUT2D eigenvalue weighted by atomic mass is 16.6. The summed E-state index contributed by atoms with van der Waals surface area (Å²) in [6.07, 6.45) is 2.59. The van der Waals surface area contributed by atoms with Crippen LogP contribution in [0.3, 0.4) is 0 Å². The Balaban J connectivity index is 1.49. The Morgan fingerprint density at radius 1 is 1.07 bits per heavy atom. The van der Waals surface area contributed by atoms with Crippen LogP contribution in [0.2, 0.25) is 0 Å². The van der Waals surface area contributed by atoms with Gasteiger partial charge < -0.3 is 9.47 Å². The minimum absolute atomic E-state index is 0.0174. The molecular formula is C24H29NO5. The molecule has 0 aromatic heterocycles. The number of carbonyl (C=O) groups is 3. The molecule has 0 N–H and O–H groups in total. The quantitative estimate of drug-likeness (QED) is 0.512. The number of Topliss-reactive ketones (excluding diaryl/α,β-unsaturated/α-hetero) is 1. The standard InChI is InChI=1S/C24H29NO5/c1-10-5-23-8-14-19-22(4)6-13(28)7-24(19)20(23)18(30-12(3)27)15(10)17(29-11(2)26)16(23)21(24)25(14)9-22/h14-21H,1,5-9H2,2-4H3/t14-,15-,16?,17?,18+,19+,20+,21?,22-,23-,24-/m0/s1. The Morgan fingerprint density at radius 2 is 1.77 bits per heavy atom. The van der Waals surface area contributed by atoms with E-state index in [-0.39, 0.29) is 64.2 Å². The summed E-state index contributed by atoms with van der Waals surface area (Å²) in [5, 5.41) is 0. The summed E-state index contributed by atoms with van der Waals surface area (Å²) in [4.78, 5) is 40.2. The van der Waals surface area contributed by atoms with Gasteiger partial charge in [0.05, 0.1) is 5.92 Å². The van der Waals surface area contributed by atoms with Gasteiger partial charge in [-0.15, -0.1) is 0 Å². The third kappa shape index (κ3) is 1.58. The Kier molecular flexibility index (Phi) is 2.91. The third-order valence-corrected chi connectivity index (χ3v) is 10.5. The van der Waals surface area contributed by atoms with E-state index < -0.39 is 0 Å². The monoisotopic (exact) mass is 411 g/mol. The number of nitrogens with zero attached hydrogens (tertiary/aromatic N) is 1. The van der Waals surface area contributed by atoms with Crippen LogP contribution in [0, 0.1) is 39.9 Å². The van der Waals surface area contributed by atoms with Gasteiger partial charge in [0.25, 0.3) is 0 Å². The topological polar surface area (TPSA) is 72.9 Å². The van der Waals surface area contributed by atoms with Crippen LogP contribution < -0.4 is 0 Å². The zero-order valence-electron chi connectivity index (χ0n) is 17.8. The first kappa shape index (κ1) is 17.9. The average molecular weight is 411 g/mol. The number of carbonyl (C=O) groups excluding carboxylic acids is 3. The van der Waals surface area contributed by atoms with Crippen LogP contribution in [0.1, 0.15) is 46.5 Å². The highest BCUT2D eigenvalue weighted by Crippen LogP contribution is 2.87. The van der Waals surface area contributed by atoms with Gasteiger partial charge in [-0.2, -0.15) is 0 Å². The van der Waals surface area contributed by atoms with E-state index in [0.717, 1.165) is 25.0 Å². The maximum Gasteiger partial charge on any atom is 0.302 e. The number of ether oxygens (including phenoxy) is 2. The van der Waals surface area contributed by atoms with E-state index in [0.29, 0.717) is 30.6 Å². The van der Waals surface area contributed by atoms with Gasteiger partial charge in [-0.1, -0.05) is 19.1 Å². The normalized spacial score (nSPS) is 60.3. The lowest BCUT2D eigenvalue weighted by atomic mass is 9.39. The molecule has 0 amide bonds. The molecular weight excluding hydrogens is 382 g/mol. The van der Waals surface area contributed by atoms with E-state index in [1.165, 1.54) is 13.8 Å². The van der Waals surface area contributed by atoms with Crippen LogP contribution in [0.25, 0.3) is 0 Å². The highest BCUT2D eigenvalue weighted by molar-refractivity contribution is 5.82. The molecule has 4 unspecified atom stereocenters. The predicted molar refractivity (Wildman–Crippen MR) is 105 cm³/mol. The molecule has 9 aliphatic rings. The maximum atomic E-state index is 13.1. The van der Waals surface area contributed by atoms with Gasteiger partial charge in [-0.3, -0.25) is 19.3 Å². The Labute approximate surface area is 176 Å². The van der Waals surface area contributed by atoms with Crippen molar-refractivity contribution >= 4 is 17.7 Å². The summed E-state index contributed by atoms with van der Waals surface area (Å²) in [6.45, 7) is 10.6. The molecule has 2 spiro atoms. The van der Waals surface area contributed by atoms with E-state index in [1.54, 1.807) is 0 Å². The summed E-state index contributed by atoms with van der Waals surface area (Å²) >= 11 is 0. The Hall–Kier alpha value is -1.69. The first-order valence-corrected chi connectivity index (χ1v) is 11.4. The zero-order chi connectivity index (χ0) is 21.0. The molecule has 0 aromatic rings. The van der Waals surface area contributed by atoms with Crippen LogP contribution >= 0.6 is 0 Å². The van der Waals surface area contributed by atoms with Crippen molar-refractivity contribution in [1.29, 1.82) is 0 Å². The van der Waals surface area contributed by atoms with E-state index in [4.69, 9.17) is 9.47 Å². The maximum absolute atomic E-state index is 13.1. The molecule has 30 heavy (non-hydrogen) atoms. The van der Waals surface area contributed by atoms with Crippen molar-refractivity contribution in [1.82, 2.24) is 4.90 Å². The second kappa shape index (κ2) is 4.87. The molecule has 3 heterocycles. The summed E-state index contributed by atoms with van der Waals surface area (Å²) in [5.74, 6) is 0.483. The number of hydrogen-bond donors (Lipinski definition) is 0. The zero-order valence-corrected chi connectivity index (χ0v) is 17.8. The fourth-order valence-electron chi connectivity index (χ4n) is 11.0. The number of rotatable bonds is 2. The van der Waals surface area contributed by atoms with Crippen molar-refractivity contribution in [2.75, 3.05) is 6.54 Å². The molecule has 9 rings (SSSR count). The number of hydrogen-bond acceptors (Lipinski definition) is 6. The van der Waals surface area contributed by atoms with Gasteiger partial charge >= 0.3 is 11.9 Å². The molecule has 3 saturated heterocycles. The first-order valence-electron chi connectivity index (χ1n) is 11.4. The van der Waals surface area contributed by atoms with Gasteiger partial charge in [0.2, 0.25) is 0 Å². The van der Waals surface area contributed by atoms with Crippen LogP contribution in [0.4, 0.5) is 0 Å². The SMILES string of the molecule is C=C1C[C@]23C[C@H]4[C@@H]5[C@@]6(C)CC(=O)C[C@]57C(C2C(OC(C)=O)[C@H]1[C@@H](OC(C)=O)[C@H]37)N4C6. The molecule has 6 heteroatoms. The molecule has 9 fully saturated rings. The minimum Gasteiger partial charge on any atom is -0.461 e. The van der Waals surface area contributed by atoms with Gasteiger partial charge in [0.1, 0.15) is 18.0 Å². The summed E-state index contributed by atoms with van der Waals surface area (Å²) < 4.78 is 12.1. The molecule has 6 nitrogen and oxygen atoms in total. The average Bonchev–Trinajstić information content (AvgIpc) is 3.01. The van der Waals surface area contributed by atoms with Gasteiger partial charge in [0, 0.05) is 62.6 Å². The lowest BCUT2D eigenvalue weighted by molar-refractivity contribution is -0.226. The lowest BCUT2D eigenvalue weighted by Gasteiger charge is -2.65. The highest BCUT2D eigenvalue weighted by Gasteiger charge is 2.91. The van der Waals surface area contributed by atoms with Crippen LogP contribution in [-0.4, -0.2) is 53.5 Å². The van der Waals surface area contributed by atoms with Crippen LogP contribution in [0.15, 0.2) is 12.2 Å². The van der Waals surface area contributed by atoms with Gasteiger partial charge in [-0.25, -0.2) is 0 Å². The van der Waals surface area contributed by atoms with Crippen molar-refractivity contribution < 1.29 is 23.9 Å². The fraction of sp³-hybridized carbons (Fsp3) is 0.792. The van der Waals surface area contributed by atoms with Gasteiger partial charge in [0.15, 0.2) is 0 Å². The van der Waals surface area contributed by atoms with E-state index >= 15 is 0 Å². The largest absolute Gasteiger partial charge is 0.461 e. The number of ketones is 1. The molecule has 6 saturated carbocycles. The minimum atomic E-state index is -0.342. The third-order valence-electron chi connectivity index (χ3n) is 10.5. The number of fused-ring (bicyclic) bond motifs is 1. The summed E-state index contributed by atoms with van der Waals surface area (Å²) in [6, 6.07) is 0.753. The van der Waals surface area contributed by atoms with Crippen molar-refractivity contribution in [3.05, 3.63) is 12.2 Å². The van der Waals surface area contributed by atoms with Crippen LogP contribution in [-0.2, 0) is 23.9 Å².